The molecule has 0 aliphatic heterocycles. The van der Waals surface area contributed by atoms with E-state index < -0.39 is 11.7 Å². The van der Waals surface area contributed by atoms with Gasteiger partial charge in [0.25, 0.3) is 0 Å². The van der Waals surface area contributed by atoms with Crippen LogP contribution in [0.15, 0.2) is 16.7 Å². The largest absolute Gasteiger partial charge is 0.469 e. The van der Waals surface area contributed by atoms with Gasteiger partial charge in [-0.15, -0.1) is 0 Å². The molecular weight excluding hydrogens is 168 g/mol. The number of carbonyl (C=O) groups is 1. The molecule has 0 atom stereocenters. The first kappa shape index (κ1) is 9.02. The first-order chi connectivity index (χ1) is 6.19. The van der Waals surface area contributed by atoms with Gasteiger partial charge >= 0.3 is 0 Å². The van der Waals surface area contributed by atoms with E-state index in [9.17, 15) is 4.79 Å². The quantitative estimate of drug-likeness (QED) is 0.635. The smallest absolute Gasteiger partial charge is 0.197 e. The molecule has 1 heterocycles. The van der Waals surface area contributed by atoms with Crippen LogP contribution in [0.1, 0.15) is 16.1 Å². The minimum Gasteiger partial charge on any atom is -0.469 e. The zero-order valence-corrected chi connectivity index (χ0v) is 6.94. The SMILES string of the molecule is Cc1cc(C(=O)C(C#N)C#N)co1. The highest BCUT2D eigenvalue weighted by Crippen LogP contribution is 2.11. The molecule has 0 saturated heterocycles. The summed E-state index contributed by atoms with van der Waals surface area (Å²) in [5.41, 5.74) is 0.269. The lowest BCUT2D eigenvalue weighted by atomic mass is 10.0. The molecular formula is C9H6N2O2. The summed E-state index contributed by atoms with van der Waals surface area (Å²) >= 11 is 0. The summed E-state index contributed by atoms with van der Waals surface area (Å²) in [5.74, 6) is -1.17. The van der Waals surface area contributed by atoms with Crippen LogP contribution < -0.4 is 0 Å². The molecule has 4 heteroatoms. The highest BCUT2D eigenvalue weighted by atomic mass is 16.3. The second kappa shape index (κ2) is 3.55. The molecule has 4 nitrogen and oxygen atoms in total. The van der Waals surface area contributed by atoms with Crippen LogP contribution in [0.3, 0.4) is 0 Å². The van der Waals surface area contributed by atoms with Crippen LogP contribution in [0.2, 0.25) is 0 Å². The standard InChI is InChI=1S/C9H6N2O2/c1-6-2-7(5-13-6)9(12)8(3-10)4-11/h2,5,8H,1H3. The number of furan rings is 1. The summed E-state index contributed by atoms with van der Waals surface area (Å²) in [4.78, 5) is 11.3. The molecule has 1 aromatic rings. The maximum atomic E-state index is 11.3. The van der Waals surface area contributed by atoms with Crippen LogP contribution in [0.4, 0.5) is 0 Å². The van der Waals surface area contributed by atoms with Crippen LogP contribution in [0.25, 0.3) is 0 Å². The Bertz CT molecular complexity index is 392. The maximum Gasteiger partial charge on any atom is 0.197 e. The minimum atomic E-state index is -1.24. The van der Waals surface area contributed by atoms with Gasteiger partial charge in [-0.25, -0.2) is 0 Å². The van der Waals surface area contributed by atoms with Gasteiger partial charge in [-0.1, -0.05) is 0 Å². The molecule has 0 bridgehead atoms. The first-order valence-corrected chi connectivity index (χ1v) is 3.57. The third kappa shape index (κ3) is 1.74. The third-order valence-corrected chi connectivity index (χ3v) is 1.54. The summed E-state index contributed by atoms with van der Waals surface area (Å²) in [6, 6.07) is 4.72. The highest BCUT2D eigenvalue weighted by Gasteiger charge is 2.20. The molecule has 0 aliphatic rings. The topological polar surface area (TPSA) is 77.8 Å². The lowest BCUT2D eigenvalue weighted by Gasteiger charge is -1.92. The molecule has 0 unspecified atom stereocenters. The van der Waals surface area contributed by atoms with E-state index in [1.807, 2.05) is 0 Å². The lowest BCUT2D eigenvalue weighted by Crippen LogP contribution is -2.09. The molecule has 0 saturated carbocycles. The molecule has 13 heavy (non-hydrogen) atoms. The average molecular weight is 174 g/mol. The number of hydrogen-bond acceptors (Lipinski definition) is 4. The van der Waals surface area contributed by atoms with Crippen molar-refractivity contribution in [3.63, 3.8) is 0 Å². The van der Waals surface area contributed by atoms with Crippen molar-refractivity contribution in [2.75, 3.05) is 0 Å². The molecule has 1 aromatic heterocycles. The number of carbonyl (C=O) groups excluding carboxylic acids is 1. The summed E-state index contributed by atoms with van der Waals surface area (Å²) < 4.78 is 4.89. The van der Waals surface area contributed by atoms with Crippen molar-refractivity contribution in [3.05, 3.63) is 23.7 Å². The molecule has 0 spiro atoms. The molecule has 1 rings (SSSR count). The van der Waals surface area contributed by atoms with Crippen molar-refractivity contribution in [1.82, 2.24) is 0 Å². The average Bonchev–Trinajstić information content (AvgIpc) is 2.54. The van der Waals surface area contributed by atoms with Gasteiger partial charge in [-0.05, 0) is 13.0 Å². The van der Waals surface area contributed by atoms with Crippen molar-refractivity contribution >= 4 is 5.78 Å². The predicted molar refractivity (Wildman–Crippen MR) is 42.5 cm³/mol. The predicted octanol–water partition coefficient (Wildman–Crippen LogP) is 1.43. The van der Waals surface area contributed by atoms with E-state index in [0.717, 1.165) is 0 Å². The Kier molecular flexibility index (Phi) is 2.47. The van der Waals surface area contributed by atoms with Crippen molar-refractivity contribution in [3.8, 4) is 12.1 Å². The zero-order valence-electron chi connectivity index (χ0n) is 6.94. The summed E-state index contributed by atoms with van der Waals surface area (Å²) in [6.45, 7) is 1.69. The highest BCUT2D eigenvalue weighted by molar-refractivity contribution is 6.00. The van der Waals surface area contributed by atoms with Crippen molar-refractivity contribution in [2.24, 2.45) is 5.92 Å². The second-order valence-electron chi connectivity index (χ2n) is 2.50. The molecule has 0 radical (unpaired) electrons. The molecule has 64 valence electrons. The maximum absolute atomic E-state index is 11.3. The van der Waals surface area contributed by atoms with Crippen LogP contribution in [-0.2, 0) is 0 Å². The van der Waals surface area contributed by atoms with E-state index in [1.54, 1.807) is 19.1 Å². The summed E-state index contributed by atoms with van der Waals surface area (Å²) in [5, 5.41) is 16.9. The van der Waals surface area contributed by atoms with E-state index in [1.165, 1.54) is 12.3 Å². The van der Waals surface area contributed by atoms with Gasteiger partial charge in [0.05, 0.1) is 17.7 Å². The molecule has 0 amide bonds. The Hall–Kier alpha value is -2.07. The fourth-order valence-corrected chi connectivity index (χ4v) is 0.885. The molecule has 0 aliphatic carbocycles. The molecule has 0 fully saturated rings. The number of nitriles is 2. The van der Waals surface area contributed by atoms with Gasteiger partial charge < -0.3 is 4.42 Å². The summed E-state index contributed by atoms with van der Waals surface area (Å²) in [6.07, 6.45) is 1.25. The van der Waals surface area contributed by atoms with Gasteiger partial charge in [0, 0.05) is 0 Å². The number of Topliss-reactive ketones (excluding diaryl/α,β-unsaturated/α-hetero) is 1. The van der Waals surface area contributed by atoms with Gasteiger partial charge in [-0.2, -0.15) is 10.5 Å². The second-order valence-corrected chi connectivity index (χ2v) is 2.50. The van der Waals surface area contributed by atoms with Crippen LogP contribution in [0, 0.1) is 35.5 Å². The Morgan fingerprint density at radius 2 is 2.15 bits per heavy atom. The van der Waals surface area contributed by atoms with E-state index in [0.29, 0.717) is 5.76 Å². The van der Waals surface area contributed by atoms with Gasteiger partial charge in [0.15, 0.2) is 11.7 Å². The summed E-state index contributed by atoms with van der Waals surface area (Å²) in [7, 11) is 0. The molecule has 0 N–H and O–H groups in total. The van der Waals surface area contributed by atoms with Crippen LogP contribution in [-0.4, -0.2) is 5.78 Å². The molecule has 0 aromatic carbocycles. The number of rotatable bonds is 2. The number of nitrogens with zero attached hydrogens (tertiary/aromatic N) is 2. The Morgan fingerprint density at radius 1 is 1.54 bits per heavy atom. The van der Waals surface area contributed by atoms with Gasteiger partial charge in [0.1, 0.15) is 12.0 Å². The van der Waals surface area contributed by atoms with Crippen LogP contribution in [0.5, 0.6) is 0 Å². The van der Waals surface area contributed by atoms with Crippen molar-refractivity contribution in [1.29, 1.82) is 10.5 Å². The lowest BCUT2D eigenvalue weighted by molar-refractivity contribution is 0.0970. The van der Waals surface area contributed by atoms with Crippen molar-refractivity contribution < 1.29 is 9.21 Å². The minimum absolute atomic E-state index is 0.269. The fourth-order valence-electron chi connectivity index (χ4n) is 0.885. The number of ketones is 1. The van der Waals surface area contributed by atoms with E-state index in [4.69, 9.17) is 14.9 Å². The van der Waals surface area contributed by atoms with E-state index in [-0.39, 0.29) is 5.56 Å². The first-order valence-electron chi connectivity index (χ1n) is 3.57. The fraction of sp³-hybridized carbons (Fsp3) is 0.222. The monoisotopic (exact) mass is 174 g/mol. The van der Waals surface area contributed by atoms with Crippen LogP contribution >= 0.6 is 0 Å². The zero-order chi connectivity index (χ0) is 9.84. The van der Waals surface area contributed by atoms with E-state index in [2.05, 4.69) is 0 Å². The van der Waals surface area contributed by atoms with Crippen molar-refractivity contribution in [2.45, 2.75) is 6.92 Å². The number of hydrogen-bond donors (Lipinski definition) is 0. The van der Waals surface area contributed by atoms with E-state index >= 15 is 0 Å². The normalized spacial score (nSPS) is 9.23. The Morgan fingerprint density at radius 3 is 2.54 bits per heavy atom. The number of aryl methyl sites for hydroxylation is 1. The Balaban J connectivity index is 2.94. The van der Waals surface area contributed by atoms with Gasteiger partial charge in [-0.3, -0.25) is 4.79 Å². The third-order valence-electron chi connectivity index (χ3n) is 1.54. The van der Waals surface area contributed by atoms with Gasteiger partial charge in [0.2, 0.25) is 0 Å². The Labute approximate surface area is 75.0 Å².